The summed E-state index contributed by atoms with van der Waals surface area (Å²) >= 11 is 0. The van der Waals surface area contributed by atoms with Crippen LogP contribution in [0.15, 0.2) is 48.5 Å². The lowest BCUT2D eigenvalue weighted by molar-refractivity contribution is 0.0463. The van der Waals surface area contributed by atoms with Crippen molar-refractivity contribution in [2.24, 2.45) is 0 Å². The van der Waals surface area contributed by atoms with Crippen molar-refractivity contribution in [1.82, 2.24) is 9.97 Å². The number of rotatable bonds is 4. The first-order valence-electron chi connectivity index (χ1n) is 6.57. The zero-order valence-corrected chi connectivity index (χ0v) is 11.2. The molecule has 0 aliphatic heterocycles. The van der Waals surface area contributed by atoms with Gasteiger partial charge in [0.05, 0.1) is 23.2 Å². The highest BCUT2D eigenvalue weighted by molar-refractivity contribution is 5.89. The molecule has 2 N–H and O–H groups in total. The average Bonchev–Trinajstić information content (AvgIpc) is 2.95. The van der Waals surface area contributed by atoms with Gasteiger partial charge < -0.3 is 14.8 Å². The molecule has 5 nitrogen and oxygen atoms in total. The van der Waals surface area contributed by atoms with Gasteiger partial charge in [-0.05, 0) is 29.8 Å². The van der Waals surface area contributed by atoms with Gasteiger partial charge in [0.15, 0.2) is 0 Å². The smallest absolute Gasteiger partial charge is 0.338 e. The number of H-pyrrole nitrogens is 1. The molecule has 0 amide bonds. The predicted molar refractivity (Wildman–Crippen MR) is 77.6 cm³/mol. The molecule has 3 aromatic rings. The number of carbonyl (C=O) groups excluding carboxylic acids is 1. The highest BCUT2D eigenvalue weighted by atomic mass is 16.5. The van der Waals surface area contributed by atoms with Crippen molar-refractivity contribution in [3.05, 3.63) is 65.5 Å². The van der Waals surface area contributed by atoms with Crippen LogP contribution in [0, 0.1) is 0 Å². The van der Waals surface area contributed by atoms with Crippen molar-refractivity contribution >= 4 is 17.0 Å². The quantitative estimate of drug-likeness (QED) is 0.721. The third-order valence-electron chi connectivity index (χ3n) is 3.13. The predicted octanol–water partition coefficient (Wildman–Crippen LogP) is 2.41. The van der Waals surface area contributed by atoms with Crippen molar-refractivity contribution in [2.75, 3.05) is 0 Å². The van der Waals surface area contributed by atoms with E-state index in [1.807, 2.05) is 24.3 Å². The van der Waals surface area contributed by atoms with Crippen molar-refractivity contribution < 1.29 is 14.6 Å². The number of aromatic amines is 1. The van der Waals surface area contributed by atoms with E-state index in [4.69, 9.17) is 9.84 Å². The van der Waals surface area contributed by atoms with Gasteiger partial charge in [-0.2, -0.15) is 0 Å². The number of imidazole rings is 1. The Bertz CT molecular complexity index is 766. The number of aromatic nitrogens is 2. The van der Waals surface area contributed by atoms with E-state index >= 15 is 0 Å². The second kappa shape index (κ2) is 5.76. The Balaban J connectivity index is 1.72. The number of ether oxygens (including phenoxy) is 1. The van der Waals surface area contributed by atoms with Crippen LogP contribution in [0.1, 0.15) is 21.7 Å². The number of carbonyl (C=O) groups is 1. The number of hydrogen-bond donors (Lipinski definition) is 2. The molecule has 5 heteroatoms. The second-order valence-electron chi connectivity index (χ2n) is 4.64. The fourth-order valence-corrected chi connectivity index (χ4v) is 2.07. The molecule has 3 rings (SSSR count). The van der Waals surface area contributed by atoms with Crippen molar-refractivity contribution in [3.63, 3.8) is 0 Å². The maximum atomic E-state index is 11.8. The Morgan fingerprint density at radius 1 is 1.19 bits per heavy atom. The molecule has 0 saturated heterocycles. The van der Waals surface area contributed by atoms with Gasteiger partial charge in [0.2, 0.25) is 0 Å². The maximum Gasteiger partial charge on any atom is 0.338 e. The van der Waals surface area contributed by atoms with Gasteiger partial charge >= 0.3 is 5.97 Å². The van der Waals surface area contributed by atoms with E-state index in [9.17, 15) is 4.79 Å². The van der Waals surface area contributed by atoms with Crippen LogP contribution in [0.2, 0.25) is 0 Å². The summed E-state index contributed by atoms with van der Waals surface area (Å²) in [7, 11) is 0. The minimum absolute atomic E-state index is 0.0205. The molecule has 21 heavy (non-hydrogen) atoms. The normalized spacial score (nSPS) is 10.7. The van der Waals surface area contributed by atoms with E-state index in [1.165, 1.54) is 0 Å². The van der Waals surface area contributed by atoms with E-state index in [-0.39, 0.29) is 19.2 Å². The third-order valence-corrected chi connectivity index (χ3v) is 3.13. The minimum Gasteiger partial charge on any atom is -0.454 e. The standard InChI is InChI=1S/C16H14N2O3/c19-9-11-6-7-13-14(8-11)18-15(17-13)10-21-16(20)12-4-2-1-3-5-12/h1-8,19H,9-10H2,(H,17,18). The zero-order valence-electron chi connectivity index (χ0n) is 11.2. The molecule has 0 spiro atoms. The second-order valence-corrected chi connectivity index (χ2v) is 4.64. The minimum atomic E-state index is -0.382. The van der Waals surface area contributed by atoms with Crippen LogP contribution in [0.25, 0.3) is 11.0 Å². The molecule has 1 heterocycles. The average molecular weight is 282 g/mol. The molecule has 106 valence electrons. The Morgan fingerprint density at radius 2 is 2.00 bits per heavy atom. The molecule has 0 saturated carbocycles. The van der Waals surface area contributed by atoms with Gasteiger partial charge in [0.25, 0.3) is 0 Å². The summed E-state index contributed by atoms with van der Waals surface area (Å²) < 4.78 is 5.22. The van der Waals surface area contributed by atoms with E-state index in [0.717, 1.165) is 16.6 Å². The van der Waals surface area contributed by atoms with Gasteiger partial charge in [-0.15, -0.1) is 0 Å². The molecular weight excluding hydrogens is 268 g/mol. The van der Waals surface area contributed by atoms with Crippen LogP contribution >= 0.6 is 0 Å². The molecule has 0 bridgehead atoms. The number of benzene rings is 2. The van der Waals surface area contributed by atoms with Crippen molar-refractivity contribution in [1.29, 1.82) is 0 Å². The molecular formula is C16H14N2O3. The third kappa shape index (κ3) is 2.93. The van der Waals surface area contributed by atoms with E-state index < -0.39 is 0 Å². The highest BCUT2D eigenvalue weighted by Gasteiger charge is 2.09. The van der Waals surface area contributed by atoms with Crippen molar-refractivity contribution in [3.8, 4) is 0 Å². The number of esters is 1. The lowest BCUT2D eigenvalue weighted by atomic mass is 10.2. The van der Waals surface area contributed by atoms with Crippen LogP contribution in [0.3, 0.4) is 0 Å². The van der Waals surface area contributed by atoms with E-state index in [1.54, 1.807) is 24.3 Å². The number of aliphatic hydroxyl groups is 1. The number of nitrogens with zero attached hydrogens (tertiary/aromatic N) is 1. The van der Waals surface area contributed by atoms with Gasteiger partial charge in [-0.1, -0.05) is 24.3 Å². The molecule has 0 radical (unpaired) electrons. The molecule has 1 aromatic heterocycles. The molecule has 0 fully saturated rings. The molecule has 0 aliphatic carbocycles. The zero-order chi connectivity index (χ0) is 14.7. The van der Waals surface area contributed by atoms with E-state index in [2.05, 4.69) is 9.97 Å². The number of hydrogen-bond acceptors (Lipinski definition) is 4. The van der Waals surface area contributed by atoms with Crippen LogP contribution in [-0.2, 0) is 18.0 Å². The fourth-order valence-electron chi connectivity index (χ4n) is 2.07. The van der Waals surface area contributed by atoms with Crippen LogP contribution in [-0.4, -0.2) is 21.0 Å². The highest BCUT2D eigenvalue weighted by Crippen LogP contribution is 2.14. The van der Waals surface area contributed by atoms with Crippen LogP contribution in [0.5, 0.6) is 0 Å². The Morgan fingerprint density at radius 3 is 2.76 bits per heavy atom. The Labute approximate surface area is 121 Å². The van der Waals surface area contributed by atoms with Gasteiger partial charge in [-0.25, -0.2) is 9.78 Å². The first-order chi connectivity index (χ1) is 10.3. The van der Waals surface area contributed by atoms with E-state index in [0.29, 0.717) is 11.4 Å². The lowest BCUT2D eigenvalue weighted by Gasteiger charge is -2.02. The summed E-state index contributed by atoms with van der Waals surface area (Å²) in [6.45, 7) is 0.0597. The molecule has 2 aromatic carbocycles. The first kappa shape index (κ1) is 13.3. The summed E-state index contributed by atoms with van der Waals surface area (Å²) in [5.41, 5.74) is 2.90. The van der Waals surface area contributed by atoms with Crippen molar-refractivity contribution in [2.45, 2.75) is 13.2 Å². The summed E-state index contributed by atoms with van der Waals surface area (Å²) in [4.78, 5) is 19.3. The number of nitrogens with one attached hydrogen (secondary N) is 1. The van der Waals surface area contributed by atoms with Crippen LogP contribution < -0.4 is 0 Å². The monoisotopic (exact) mass is 282 g/mol. The molecule has 0 atom stereocenters. The number of aliphatic hydroxyl groups excluding tert-OH is 1. The molecule has 0 aliphatic rings. The maximum absolute atomic E-state index is 11.8. The largest absolute Gasteiger partial charge is 0.454 e. The lowest BCUT2D eigenvalue weighted by Crippen LogP contribution is -2.05. The summed E-state index contributed by atoms with van der Waals surface area (Å²) in [5, 5.41) is 9.10. The Hall–Kier alpha value is -2.66. The summed E-state index contributed by atoms with van der Waals surface area (Å²) in [6.07, 6.45) is 0. The molecule has 0 unspecified atom stereocenters. The van der Waals surface area contributed by atoms with Crippen LogP contribution in [0.4, 0.5) is 0 Å². The first-order valence-corrected chi connectivity index (χ1v) is 6.57. The summed E-state index contributed by atoms with van der Waals surface area (Å²) in [6, 6.07) is 14.3. The van der Waals surface area contributed by atoms with Gasteiger partial charge in [0, 0.05) is 0 Å². The Kier molecular flexibility index (Phi) is 3.66. The number of fused-ring (bicyclic) bond motifs is 1. The fraction of sp³-hybridized carbons (Fsp3) is 0.125. The topological polar surface area (TPSA) is 75.2 Å². The van der Waals surface area contributed by atoms with Gasteiger partial charge in [-0.3, -0.25) is 0 Å². The SMILES string of the molecule is O=C(OCc1nc2ccc(CO)cc2[nH]1)c1ccccc1. The van der Waals surface area contributed by atoms with Gasteiger partial charge in [0.1, 0.15) is 12.4 Å². The summed E-state index contributed by atoms with van der Waals surface area (Å²) in [5.74, 6) is 0.191.